The first-order valence-electron chi connectivity index (χ1n) is 7.03. The van der Waals surface area contributed by atoms with Gasteiger partial charge in [0.15, 0.2) is 0 Å². The Hall–Kier alpha value is -1.20. The van der Waals surface area contributed by atoms with Crippen LogP contribution in [0.1, 0.15) is 44.2 Å². The van der Waals surface area contributed by atoms with E-state index in [4.69, 9.17) is 0 Å². The van der Waals surface area contributed by atoms with Crippen LogP contribution in [-0.4, -0.2) is 23.9 Å². The summed E-state index contributed by atoms with van der Waals surface area (Å²) in [7, 11) is 0. The number of rotatable bonds is 5. The van der Waals surface area contributed by atoms with Gasteiger partial charge in [0.05, 0.1) is 6.10 Å². The quantitative estimate of drug-likeness (QED) is 0.872. The number of halogens is 2. The Kier molecular flexibility index (Phi) is 5.31. The summed E-state index contributed by atoms with van der Waals surface area (Å²) in [5.74, 6) is 0.170. The summed E-state index contributed by atoms with van der Waals surface area (Å²) >= 11 is 0. The van der Waals surface area contributed by atoms with E-state index in [-0.39, 0.29) is 17.9 Å². The third-order valence-electron chi connectivity index (χ3n) is 3.74. The molecule has 0 saturated heterocycles. The molecular weight excluding hydrogens is 264 g/mol. The molecule has 1 aromatic rings. The standard InChI is InChI=1S/C15H21F2NO2/c1-10(18-12-3-2-4-13(19)9-12)11-5-7-14(8-6-11)20-15(16)17/h5-8,10,12-13,15,18-19H,2-4,9H2,1H3. The molecule has 5 heteroatoms. The van der Waals surface area contributed by atoms with Gasteiger partial charge in [-0.15, -0.1) is 0 Å². The topological polar surface area (TPSA) is 41.5 Å². The van der Waals surface area contributed by atoms with Crippen LogP contribution < -0.4 is 10.1 Å². The third-order valence-corrected chi connectivity index (χ3v) is 3.74. The SMILES string of the molecule is CC(NC1CCCC(O)C1)c1ccc(OC(F)F)cc1. The lowest BCUT2D eigenvalue weighted by Crippen LogP contribution is -2.37. The Bertz CT molecular complexity index is 411. The minimum atomic E-state index is -2.79. The summed E-state index contributed by atoms with van der Waals surface area (Å²) in [6, 6.07) is 7.10. The lowest BCUT2D eigenvalue weighted by atomic mass is 9.92. The van der Waals surface area contributed by atoms with Gasteiger partial charge in [-0.3, -0.25) is 0 Å². The normalized spacial score (nSPS) is 24.6. The van der Waals surface area contributed by atoms with Crippen LogP contribution >= 0.6 is 0 Å². The van der Waals surface area contributed by atoms with Gasteiger partial charge in [-0.05, 0) is 50.3 Å². The van der Waals surface area contributed by atoms with E-state index < -0.39 is 6.61 Å². The van der Waals surface area contributed by atoms with Crippen molar-refractivity contribution in [3.05, 3.63) is 29.8 Å². The Balaban J connectivity index is 1.90. The molecule has 0 aliphatic heterocycles. The molecule has 3 atom stereocenters. The van der Waals surface area contributed by atoms with Crippen LogP contribution in [0.25, 0.3) is 0 Å². The van der Waals surface area contributed by atoms with Crippen molar-refractivity contribution in [1.82, 2.24) is 5.32 Å². The molecule has 0 spiro atoms. The monoisotopic (exact) mass is 285 g/mol. The molecule has 3 unspecified atom stereocenters. The van der Waals surface area contributed by atoms with Crippen LogP contribution in [0.3, 0.4) is 0 Å². The number of ether oxygens (including phenoxy) is 1. The van der Waals surface area contributed by atoms with Crippen molar-refractivity contribution in [2.24, 2.45) is 0 Å². The molecule has 0 bridgehead atoms. The zero-order valence-corrected chi connectivity index (χ0v) is 11.6. The first-order valence-corrected chi connectivity index (χ1v) is 7.03. The second-order valence-electron chi connectivity index (χ2n) is 5.35. The average Bonchev–Trinajstić information content (AvgIpc) is 2.38. The molecule has 3 nitrogen and oxygen atoms in total. The maximum Gasteiger partial charge on any atom is 0.387 e. The van der Waals surface area contributed by atoms with E-state index >= 15 is 0 Å². The summed E-state index contributed by atoms with van der Waals surface area (Å²) in [5.41, 5.74) is 1.02. The van der Waals surface area contributed by atoms with E-state index in [9.17, 15) is 13.9 Å². The first kappa shape index (κ1) is 15.2. The Morgan fingerprint density at radius 3 is 2.55 bits per heavy atom. The van der Waals surface area contributed by atoms with Gasteiger partial charge in [-0.2, -0.15) is 8.78 Å². The maximum atomic E-state index is 12.1. The van der Waals surface area contributed by atoms with Gasteiger partial charge in [-0.25, -0.2) is 0 Å². The molecule has 20 heavy (non-hydrogen) atoms. The highest BCUT2D eigenvalue weighted by Gasteiger charge is 2.21. The summed E-state index contributed by atoms with van der Waals surface area (Å²) < 4.78 is 28.5. The summed E-state index contributed by atoms with van der Waals surface area (Å²) in [4.78, 5) is 0. The van der Waals surface area contributed by atoms with E-state index in [0.29, 0.717) is 6.04 Å². The number of hydrogen-bond donors (Lipinski definition) is 2. The van der Waals surface area contributed by atoms with Gasteiger partial charge in [0.1, 0.15) is 5.75 Å². The molecule has 0 heterocycles. The minimum Gasteiger partial charge on any atom is -0.435 e. The first-order chi connectivity index (χ1) is 9.54. The number of benzene rings is 1. The molecule has 1 aliphatic rings. The summed E-state index contributed by atoms with van der Waals surface area (Å²) in [5, 5.41) is 13.1. The highest BCUT2D eigenvalue weighted by Crippen LogP contribution is 2.23. The van der Waals surface area contributed by atoms with Crippen LogP contribution in [-0.2, 0) is 0 Å². The average molecular weight is 285 g/mol. The molecule has 0 radical (unpaired) electrons. The molecule has 2 rings (SSSR count). The van der Waals surface area contributed by atoms with E-state index in [0.717, 1.165) is 31.2 Å². The molecule has 112 valence electrons. The van der Waals surface area contributed by atoms with Crippen LogP contribution in [0.4, 0.5) is 8.78 Å². The van der Waals surface area contributed by atoms with Crippen molar-refractivity contribution in [3.63, 3.8) is 0 Å². The highest BCUT2D eigenvalue weighted by atomic mass is 19.3. The van der Waals surface area contributed by atoms with Crippen molar-refractivity contribution in [2.75, 3.05) is 0 Å². The van der Waals surface area contributed by atoms with Gasteiger partial charge in [0, 0.05) is 12.1 Å². The van der Waals surface area contributed by atoms with Gasteiger partial charge < -0.3 is 15.2 Å². The maximum absolute atomic E-state index is 12.1. The number of aliphatic hydroxyl groups excluding tert-OH is 1. The van der Waals surface area contributed by atoms with Gasteiger partial charge in [-0.1, -0.05) is 12.1 Å². The fourth-order valence-electron chi connectivity index (χ4n) is 2.70. The third kappa shape index (κ3) is 4.42. The summed E-state index contributed by atoms with van der Waals surface area (Å²) in [6.07, 6.45) is 3.54. The van der Waals surface area contributed by atoms with E-state index in [1.54, 1.807) is 24.3 Å². The summed E-state index contributed by atoms with van der Waals surface area (Å²) in [6.45, 7) is -0.760. The molecule has 1 saturated carbocycles. The smallest absolute Gasteiger partial charge is 0.387 e. The van der Waals surface area contributed by atoms with Crippen molar-refractivity contribution in [3.8, 4) is 5.75 Å². The molecule has 0 amide bonds. The van der Waals surface area contributed by atoms with Crippen LogP contribution in [0.2, 0.25) is 0 Å². The number of hydrogen-bond acceptors (Lipinski definition) is 3. The van der Waals surface area contributed by atoms with Crippen molar-refractivity contribution in [1.29, 1.82) is 0 Å². The molecule has 0 aromatic heterocycles. The molecule has 2 N–H and O–H groups in total. The minimum absolute atomic E-state index is 0.117. The predicted molar refractivity (Wildman–Crippen MR) is 72.9 cm³/mol. The van der Waals surface area contributed by atoms with Gasteiger partial charge in [0.25, 0.3) is 0 Å². The Morgan fingerprint density at radius 2 is 1.95 bits per heavy atom. The second-order valence-corrected chi connectivity index (χ2v) is 5.35. The van der Waals surface area contributed by atoms with Crippen molar-refractivity contribution < 1.29 is 18.6 Å². The predicted octanol–water partition coefficient (Wildman–Crippen LogP) is 3.24. The van der Waals surface area contributed by atoms with Gasteiger partial charge >= 0.3 is 6.61 Å². The zero-order chi connectivity index (χ0) is 14.5. The molecule has 1 aliphatic carbocycles. The lowest BCUT2D eigenvalue weighted by molar-refractivity contribution is -0.0498. The molecule has 1 fully saturated rings. The second kappa shape index (κ2) is 6.99. The largest absolute Gasteiger partial charge is 0.435 e. The molecular formula is C15H21F2NO2. The zero-order valence-electron chi connectivity index (χ0n) is 11.6. The van der Waals surface area contributed by atoms with Crippen LogP contribution in [0.5, 0.6) is 5.75 Å². The van der Waals surface area contributed by atoms with Crippen LogP contribution in [0, 0.1) is 0 Å². The fraction of sp³-hybridized carbons (Fsp3) is 0.600. The Morgan fingerprint density at radius 1 is 1.25 bits per heavy atom. The molecule has 1 aromatic carbocycles. The van der Waals surface area contributed by atoms with Crippen molar-refractivity contribution in [2.45, 2.75) is 57.4 Å². The van der Waals surface area contributed by atoms with Gasteiger partial charge in [0.2, 0.25) is 0 Å². The fourth-order valence-corrected chi connectivity index (χ4v) is 2.70. The number of alkyl halides is 2. The van der Waals surface area contributed by atoms with E-state index in [1.165, 1.54) is 0 Å². The van der Waals surface area contributed by atoms with E-state index in [2.05, 4.69) is 10.1 Å². The lowest BCUT2D eigenvalue weighted by Gasteiger charge is -2.29. The van der Waals surface area contributed by atoms with Crippen molar-refractivity contribution >= 4 is 0 Å². The Labute approximate surface area is 117 Å². The highest BCUT2D eigenvalue weighted by molar-refractivity contribution is 5.29. The number of nitrogens with one attached hydrogen (secondary N) is 1. The number of aliphatic hydroxyl groups is 1. The van der Waals surface area contributed by atoms with E-state index in [1.807, 2.05) is 6.92 Å². The van der Waals surface area contributed by atoms with Crippen LogP contribution in [0.15, 0.2) is 24.3 Å².